The Kier molecular flexibility index (Phi) is 6.58. The summed E-state index contributed by atoms with van der Waals surface area (Å²) in [6, 6.07) is 0. The number of halogens is 4. The summed E-state index contributed by atoms with van der Waals surface area (Å²) in [7, 11) is -6.00. The van der Waals surface area contributed by atoms with E-state index in [9.17, 15) is 17.3 Å². The third-order valence-electron chi connectivity index (χ3n) is 0. The van der Waals surface area contributed by atoms with Crippen molar-refractivity contribution in [2.24, 2.45) is 0 Å². The molecule has 0 bridgehead atoms. The average Bonchev–Trinajstić information content (AvgIpc) is 1.36. The third kappa shape index (κ3) is 1260. The molecular weight excluding hydrogens is 155 g/mol. The van der Waals surface area contributed by atoms with E-state index < -0.39 is 7.25 Å². The van der Waals surface area contributed by atoms with E-state index in [2.05, 4.69) is 16.0 Å². The molecule has 0 nitrogen and oxygen atoms in total. The number of hydrogen-bond acceptors (Lipinski definition) is 0. The number of rotatable bonds is 0. The van der Waals surface area contributed by atoms with Crippen LogP contribution in [0.4, 0.5) is 17.3 Å². The fourth-order valence-corrected chi connectivity index (χ4v) is 0. The van der Waals surface area contributed by atoms with Gasteiger partial charge in [0.1, 0.15) is 0 Å². The maximum atomic E-state index is 9.75. The van der Waals surface area contributed by atoms with Crippen molar-refractivity contribution in [3.8, 4) is 0 Å². The normalized spacial score (nSPS) is 9.43. The van der Waals surface area contributed by atoms with Gasteiger partial charge < -0.3 is 17.3 Å². The van der Waals surface area contributed by atoms with Crippen LogP contribution in [0.3, 0.4) is 0 Å². The van der Waals surface area contributed by atoms with E-state index in [0.717, 1.165) is 0 Å². The van der Waals surface area contributed by atoms with Crippen LogP contribution in [0.2, 0.25) is 5.82 Å². The van der Waals surface area contributed by atoms with Crippen LogP contribution in [0.5, 0.6) is 0 Å². The molecule has 0 unspecified atom stereocenters. The molecule has 0 amide bonds. The summed E-state index contributed by atoms with van der Waals surface area (Å²) in [5, 5.41) is 0. The topological polar surface area (TPSA) is 0 Å². The van der Waals surface area contributed by atoms with Gasteiger partial charge in [0.05, 0.1) is 0 Å². The van der Waals surface area contributed by atoms with Gasteiger partial charge in [-0.05, 0) is 0 Å². The van der Waals surface area contributed by atoms with Crippen LogP contribution in [0, 0.1) is 0 Å². The van der Waals surface area contributed by atoms with Crippen LogP contribution in [-0.2, 0) is 16.0 Å². The standard InChI is InChI=1S/CH3.BF4.Fe/c;2-1(3,4)5;/h1H3;;/q;-1;+1. The molecule has 0 saturated carbocycles. The van der Waals surface area contributed by atoms with Gasteiger partial charge >= 0.3 is 29.1 Å². The van der Waals surface area contributed by atoms with Crippen molar-refractivity contribution >= 4 is 7.25 Å². The molecule has 0 aromatic rings. The molecule has 0 aliphatic heterocycles. The van der Waals surface area contributed by atoms with E-state index in [0.29, 0.717) is 0 Å². The molecule has 0 aliphatic carbocycles. The fraction of sp³-hybridized carbons (Fsp3) is 1.00. The molecule has 0 saturated heterocycles. The van der Waals surface area contributed by atoms with Crippen molar-refractivity contribution in [1.82, 2.24) is 0 Å². The van der Waals surface area contributed by atoms with Crippen molar-refractivity contribution in [2.45, 2.75) is 5.82 Å². The first-order valence-electron chi connectivity index (χ1n) is 1.23. The quantitative estimate of drug-likeness (QED) is 0.372. The van der Waals surface area contributed by atoms with E-state index in [-0.39, 0.29) is 0 Å². The van der Waals surface area contributed by atoms with Gasteiger partial charge in [0, 0.05) is 0 Å². The van der Waals surface area contributed by atoms with Gasteiger partial charge in [0.2, 0.25) is 0 Å². The van der Waals surface area contributed by atoms with Gasteiger partial charge in [-0.2, -0.15) is 0 Å². The van der Waals surface area contributed by atoms with E-state index >= 15 is 0 Å². The molecule has 0 spiro atoms. The average molecular weight is 158 g/mol. The van der Waals surface area contributed by atoms with Crippen LogP contribution in [0.25, 0.3) is 0 Å². The van der Waals surface area contributed by atoms with Crippen molar-refractivity contribution in [2.75, 3.05) is 0 Å². The van der Waals surface area contributed by atoms with Crippen molar-refractivity contribution in [3.05, 3.63) is 0 Å². The van der Waals surface area contributed by atoms with Gasteiger partial charge in [-0.25, -0.2) is 0 Å². The Labute approximate surface area is 47.2 Å². The first-order valence-corrected chi connectivity index (χ1v) is 2.33. The molecule has 6 heteroatoms. The molecule has 0 fully saturated rings. The van der Waals surface area contributed by atoms with Gasteiger partial charge in [0.25, 0.3) is 0 Å². The first kappa shape index (κ1) is 10.3. The van der Waals surface area contributed by atoms with E-state index in [4.69, 9.17) is 0 Å². The monoisotopic (exact) mass is 158 g/mol. The Bertz CT molecular complexity index is 27.2. The molecule has 0 atom stereocenters. The van der Waals surface area contributed by atoms with Crippen LogP contribution >= 0.6 is 0 Å². The van der Waals surface area contributed by atoms with Crippen molar-refractivity contribution in [3.63, 3.8) is 0 Å². The zero-order valence-electron chi connectivity index (χ0n) is 3.44. The second-order valence-corrected chi connectivity index (χ2v) is 0.495. The van der Waals surface area contributed by atoms with E-state index in [1.807, 2.05) is 0 Å². The van der Waals surface area contributed by atoms with Crippen LogP contribution in [0.1, 0.15) is 0 Å². The Hall–Kier alpha value is 0.304. The maximum absolute atomic E-state index is 9.75. The molecule has 0 aliphatic rings. The predicted molar refractivity (Wildman–Crippen MR) is 16.1 cm³/mol. The summed E-state index contributed by atoms with van der Waals surface area (Å²) in [5.41, 5.74) is 0. The molecule has 0 N–H and O–H groups in total. The van der Waals surface area contributed by atoms with Crippen molar-refractivity contribution in [1.29, 1.82) is 0 Å². The molecule has 0 rings (SSSR count). The Balaban J connectivity index is 0. The minimum absolute atomic E-state index is 1.75. The summed E-state index contributed by atoms with van der Waals surface area (Å²) in [4.78, 5) is 0. The molecule has 0 heterocycles. The Morgan fingerprint density at radius 3 is 1.00 bits per heavy atom. The molecule has 46 valence electrons. The Morgan fingerprint density at radius 1 is 1.00 bits per heavy atom. The Morgan fingerprint density at radius 2 is 1.00 bits per heavy atom. The van der Waals surface area contributed by atoms with E-state index in [1.54, 1.807) is 5.82 Å². The van der Waals surface area contributed by atoms with E-state index in [1.165, 1.54) is 0 Å². The summed E-state index contributed by atoms with van der Waals surface area (Å²) < 4.78 is 39.0. The first-order chi connectivity index (χ1) is 3.00. The summed E-state index contributed by atoms with van der Waals surface area (Å²) in [5.74, 6) is 1.75. The second kappa shape index (κ2) is 4.46. The van der Waals surface area contributed by atoms with Crippen LogP contribution in [0.15, 0.2) is 0 Å². The third-order valence-corrected chi connectivity index (χ3v) is 0. The summed E-state index contributed by atoms with van der Waals surface area (Å²) >= 11 is 3.25. The SMILES string of the molecule is F[B-](F)(F)F.[CH3][Fe+]. The minimum atomic E-state index is -6.00. The zero-order chi connectivity index (χ0) is 6.50. The molecule has 7 heavy (non-hydrogen) atoms. The summed E-state index contributed by atoms with van der Waals surface area (Å²) in [6.45, 7) is 0. The van der Waals surface area contributed by atoms with Gasteiger partial charge in [-0.15, -0.1) is 0 Å². The zero-order valence-corrected chi connectivity index (χ0v) is 4.55. The number of hydrogen-bond donors (Lipinski definition) is 0. The van der Waals surface area contributed by atoms with Gasteiger partial charge in [-0.3, -0.25) is 0 Å². The van der Waals surface area contributed by atoms with Crippen LogP contribution in [-0.4, -0.2) is 7.25 Å². The second-order valence-electron chi connectivity index (χ2n) is 0.495. The molecule has 0 aromatic carbocycles. The fourth-order valence-electron chi connectivity index (χ4n) is 0. The predicted octanol–water partition coefficient (Wildman–Crippen LogP) is 1.88. The molecule has 0 radical (unpaired) electrons. The molecule has 0 aromatic heterocycles. The van der Waals surface area contributed by atoms with Crippen molar-refractivity contribution < 1.29 is 33.3 Å². The van der Waals surface area contributed by atoms with Crippen LogP contribution < -0.4 is 0 Å². The summed E-state index contributed by atoms with van der Waals surface area (Å²) in [6.07, 6.45) is 0. The molecular formula is CH3BF4Fe. The van der Waals surface area contributed by atoms with Gasteiger partial charge in [-0.1, -0.05) is 0 Å². The van der Waals surface area contributed by atoms with Gasteiger partial charge in [0.15, 0.2) is 0 Å².